The molecule has 2 fully saturated rings. The van der Waals surface area contributed by atoms with Crippen molar-refractivity contribution in [1.29, 1.82) is 0 Å². The van der Waals surface area contributed by atoms with E-state index >= 15 is 0 Å². The number of anilines is 1. The fourth-order valence-electron chi connectivity index (χ4n) is 5.03. The van der Waals surface area contributed by atoms with Gasteiger partial charge in [-0.3, -0.25) is 9.59 Å². The standard InChI is InChI=1S/C26H34N4O3/c1-5-19-12-18(3)24(27-14-19)29-8-10-30(11-9-29)26(32)22-7-6-20(13-17(22)2)23-21(16-33-4)15-28-25(23)31/h6-7,12-14,21,23H,5,8-11,15-16H2,1-4H3,(H,28,31)/t21?,23-/m0/s1. The molecular weight excluding hydrogens is 416 g/mol. The molecule has 0 radical (unpaired) electrons. The lowest BCUT2D eigenvalue weighted by Gasteiger charge is -2.36. The zero-order valence-corrected chi connectivity index (χ0v) is 20.1. The quantitative estimate of drug-likeness (QED) is 0.733. The summed E-state index contributed by atoms with van der Waals surface area (Å²) in [5, 5.41) is 2.94. The molecule has 0 bridgehead atoms. The molecule has 1 aromatic heterocycles. The molecule has 2 amide bonds. The Morgan fingerprint density at radius 1 is 1.15 bits per heavy atom. The number of aromatic nitrogens is 1. The smallest absolute Gasteiger partial charge is 0.254 e. The van der Waals surface area contributed by atoms with Gasteiger partial charge in [0.25, 0.3) is 5.91 Å². The van der Waals surface area contributed by atoms with Crippen LogP contribution in [0.2, 0.25) is 0 Å². The molecule has 1 unspecified atom stereocenters. The van der Waals surface area contributed by atoms with Gasteiger partial charge in [0.15, 0.2) is 0 Å². The number of piperazine rings is 1. The van der Waals surface area contributed by atoms with Gasteiger partial charge in [0.05, 0.1) is 12.5 Å². The number of benzene rings is 1. The van der Waals surface area contributed by atoms with Crippen LogP contribution in [0.3, 0.4) is 0 Å². The van der Waals surface area contributed by atoms with Crippen LogP contribution >= 0.6 is 0 Å². The molecule has 0 saturated carbocycles. The highest BCUT2D eigenvalue weighted by molar-refractivity contribution is 5.96. The van der Waals surface area contributed by atoms with E-state index in [1.165, 1.54) is 11.1 Å². The van der Waals surface area contributed by atoms with Crippen LogP contribution in [0.5, 0.6) is 0 Å². The number of carbonyl (C=O) groups is 2. The van der Waals surface area contributed by atoms with E-state index in [0.717, 1.165) is 36.5 Å². The maximum atomic E-state index is 13.3. The first-order valence-corrected chi connectivity index (χ1v) is 11.8. The number of aryl methyl sites for hydroxylation is 3. The Labute approximate surface area is 196 Å². The molecular formula is C26H34N4O3. The zero-order valence-electron chi connectivity index (χ0n) is 20.1. The molecule has 33 heavy (non-hydrogen) atoms. The molecule has 2 aliphatic rings. The Hall–Kier alpha value is -2.93. The highest BCUT2D eigenvalue weighted by Gasteiger charge is 2.36. The summed E-state index contributed by atoms with van der Waals surface area (Å²) < 4.78 is 5.30. The molecule has 1 aromatic carbocycles. The SMILES string of the molecule is CCc1cnc(N2CCN(C(=O)c3ccc([C@@H]4C(=O)NCC4COC)cc3C)CC2)c(C)c1. The first-order chi connectivity index (χ1) is 15.9. The number of nitrogens with zero attached hydrogens (tertiary/aromatic N) is 3. The molecule has 7 heteroatoms. The first kappa shape index (κ1) is 23.2. The summed E-state index contributed by atoms with van der Waals surface area (Å²) in [6.07, 6.45) is 2.93. The van der Waals surface area contributed by atoms with Crippen LogP contribution in [0, 0.1) is 19.8 Å². The van der Waals surface area contributed by atoms with Gasteiger partial charge in [-0.1, -0.05) is 25.1 Å². The minimum atomic E-state index is -0.230. The average Bonchev–Trinajstić information content (AvgIpc) is 3.18. The lowest BCUT2D eigenvalue weighted by molar-refractivity contribution is -0.120. The summed E-state index contributed by atoms with van der Waals surface area (Å²) in [4.78, 5) is 34.5. The Morgan fingerprint density at radius 2 is 1.91 bits per heavy atom. The molecule has 4 rings (SSSR count). The number of ether oxygens (including phenoxy) is 1. The van der Waals surface area contributed by atoms with Gasteiger partial charge in [-0.05, 0) is 48.6 Å². The van der Waals surface area contributed by atoms with Gasteiger partial charge in [0.2, 0.25) is 5.91 Å². The predicted octanol–water partition coefficient (Wildman–Crippen LogP) is 2.70. The van der Waals surface area contributed by atoms with Crippen LogP contribution in [0.15, 0.2) is 30.5 Å². The minimum absolute atomic E-state index is 0.0301. The molecule has 2 aromatic rings. The molecule has 0 aliphatic carbocycles. The van der Waals surface area contributed by atoms with Gasteiger partial charge in [-0.2, -0.15) is 0 Å². The van der Waals surface area contributed by atoms with Gasteiger partial charge < -0.3 is 19.9 Å². The second-order valence-electron chi connectivity index (χ2n) is 9.13. The molecule has 0 spiro atoms. The van der Waals surface area contributed by atoms with Crippen molar-refractivity contribution in [3.63, 3.8) is 0 Å². The van der Waals surface area contributed by atoms with Crippen LogP contribution in [0.1, 0.15) is 45.5 Å². The van der Waals surface area contributed by atoms with Crippen molar-refractivity contribution < 1.29 is 14.3 Å². The molecule has 2 atom stereocenters. The molecule has 2 aliphatic heterocycles. The maximum absolute atomic E-state index is 13.3. The van der Waals surface area contributed by atoms with E-state index < -0.39 is 0 Å². The van der Waals surface area contributed by atoms with Crippen molar-refractivity contribution in [2.45, 2.75) is 33.1 Å². The van der Waals surface area contributed by atoms with Crippen LogP contribution < -0.4 is 10.2 Å². The molecule has 1 N–H and O–H groups in total. The summed E-state index contributed by atoms with van der Waals surface area (Å²) in [5.41, 5.74) is 4.98. The number of pyridine rings is 1. The molecule has 3 heterocycles. The fraction of sp³-hybridized carbons (Fsp3) is 0.500. The number of hydrogen-bond donors (Lipinski definition) is 1. The average molecular weight is 451 g/mol. The second kappa shape index (κ2) is 9.91. The predicted molar refractivity (Wildman–Crippen MR) is 129 cm³/mol. The van der Waals surface area contributed by atoms with Crippen molar-refractivity contribution >= 4 is 17.6 Å². The number of amides is 2. The van der Waals surface area contributed by atoms with Crippen molar-refractivity contribution in [1.82, 2.24) is 15.2 Å². The third-order valence-electron chi connectivity index (χ3n) is 6.90. The summed E-state index contributed by atoms with van der Waals surface area (Å²) in [6.45, 7) is 10.2. The highest BCUT2D eigenvalue weighted by Crippen LogP contribution is 2.31. The molecule has 2 saturated heterocycles. The molecule has 7 nitrogen and oxygen atoms in total. The normalized spacial score (nSPS) is 20.8. The number of hydrogen-bond acceptors (Lipinski definition) is 5. The van der Waals surface area contributed by atoms with Crippen LogP contribution in [-0.4, -0.2) is 68.1 Å². The van der Waals surface area contributed by atoms with Gasteiger partial charge in [0.1, 0.15) is 5.82 Å². The summed E-state index contributed by atoms with van der Waals surface area (Å²) >= 11 is 0. The van der Waals surface area contributed by atoms with Gasteiger partial charge >= 0.3 is 0 Å². The zero-order chi connectivity index (χ0) is 23.5. The summed E-state index contributed by atoms with van der Waals surface area (Å²) in [7, 11) is 1.66. The number of nitrogens with one attached hydrogen (secondary N) is 1. The Bertz CT molecular complexity index is 1030. The van der Waals surface area contributed by atoms with E-state index in [4.69, 9.17) is 4.74 Å². The van der Waals surface area contributed by atoms with Crippen LogP contribution in [0.25, 0.3) is 0 Å². The second-order valence-corrected chi connectivity index (χ2v) is 9.13. The van der Waals surface area contributed by atoms with E-state index in [2.05, 4.69) is 35.1 Å². The third-order valence-corrected chi connectivity index (χ3v) is 6.90. The van der Waals surface area contributed by atoms with Crippen molar-refractivity contribution in [2.75, 3.05) is 51.3 Å². The van der Waals surface area contributed by atoms with Crippen LogP contribution in [-0.2, 0) is 16.0 Å². The van der Waals surface area contributed by atoms with E-state index in [1.807, 2.05) is 36.2 Å². The van der Waals surface area contributed by atoms with Crippen LogP contribution in [0.4, 0.5) is 5.82 Å². The van der Waals surface area contributed by atoms with Crippen molar-refractivity contribution in [3.8, 4) is 0 Å². The summed E-state index contributed by atoms with van der Waals surface area (Å²) in [6, 6.07) is 8.00. The largest absolute Gasteiger partial charge is 0.384 e. The van der Waals surface area contributed by atoms with E-state index in [1.54, 1.807) is 7.11 Å². The van der Waals surface area contributed by atoms with E-state index in [0.29, 0.717) is 31.8 Å². The fourth-order valence-corrected chi connectivity index (χ4v) is 5.03. The Balaban J connectivity index is 1.43. The van der Waals surface area contributed by atoms with Gasteiger partial charge in [-0.15, -0.1) is 0 Å². The molecule has 176 valence electrons. The highest BCUT2D eigenvalue weighted by atomic mass is 16.5. The van der Waals surface area contributed by atoms with Gasteiger partial charge in [-0.25, -0.2) is 4.98 Å². The van der Waals surface area contributed by atoms with Crippen molar-refractivity contribution in [2.24, 2.45) is 5.92 Å². The summed E-state index contributed by atoms with van der Waals surface area (Å²) in [5.74, 6) is 0.975. The van der Waals surface area contributed by atoms with Gasteiger partial charge in [0, 0.05) is 57.5 Å². The van der Waals surface area contributed by atoms with E-state index in [-0.39, 0.29) is 23.7 Å². The number of carbonyl (C=O) groups excluding carboxylic acids is 2. The number of methoxy groups -OCH3 is 1. The third kappa shape index (κ3) is 4.74. The first-order valence-electron chi connectivity index (χ1n) is 11.8. The topological polar surface area (TPSA) is 74.8 Å². The lowest BCUT2D eigenvalue weighted by Crippen LogP contribution is -2.49. The maximum Gasteiger partial charge on any atom is 0.254 e. The Morgan fingerprint density at radius 3 is 2.55 bits per heavy atom. The van der Waals surface area contributed by atoms with Crippen molar-refractivity contribution in [3.05, 3.63) is 58.3 Å². The lowest BCUT2D eigenvalue weighted by atomic mass is 9.87. The Kier molecular flexibility index (Phi) is 6.98. The monoisotopic (exact) mass is 450 g/mol. The number of rotatable bonds is 6. The van der Waals surface area contributed by atoms with E-state index in [9.17, 15) is 9.59 Å². The minimum Gasteiger partial charge on any atom is -0.384 e.